The molecule has 0 amide bonds. The minimum absolute atomic E-state index is 0.236. The average molecular weight is 428 g/mol. The van der Waals surface area contributed by atoms with Crippen LogP contribution in [0.25, 0.3) is 10.2 Å². The highest BCUT2D eigenvalue weighted by Gasteiger charge is 2.23. The molecule has 0 aliphatic carbocycles. The van der Waals surface area contributed by atoms with E-state index < -0.39 is 5.97 Å². The van der Waals surface area contributed by atoms with Crippen molar-refractivity contribution in [2.45, 2.75) is 39.8 Å². The highest BCUT2D eigenvalue weighted by Crippen LogP contribution is 2.28. The molecule has 0 spiro atoms. The number of ether oxygens (including phenoxy) is 1. The Morgan fingerprint density at radius 1 is 1.17 bits per heavy atom. The fourth-order valence-electron chi connectivity index (χ4n) is 3.38. The molecule has 0 fully saturated rings. The summed E-state index contributed by atoms with van der Waals surface area (Å²) < 4.78 is 7.99. The van der Waals surface area contributed by atoms with E-state index in [1.54, 1.807) is 31.7 Å². The Morgan fingerprint density at radius 2 is 1.90 bits per heavy atom. The summed E-state index contributed by atoms with van der Waals surface area (Å²) >= 11 is 1.15. The largest absolute Gasteiger partial charge is 0.462 e. The summed E-state index contributed by atoms with van der Waals surface area (Å²) in [6, 6.07) is 9.84. The molecule has 0 atom stereocenters. The Balaban J connectivity index is 2.17. The lowest BCUT2D eigenvalue weighted by Gasteiger charge is -2.12. The molecule has 7 nitrogen and oxygen atoms in total. The van der Waals surface area contributed by atoms with Gasteiger partial charge in [-0.25, -0.2) is 9.59 Å². The highest BCUT2D eigenvalue weighted by molar-refractivity contribution is 7.20. The van der Waals surface area contributed by atoms with Crippen LogP contribution in [0.3, 0.4) is 0 Å². The first kappa shape index (κ1) is 21.7. The van der Waals surface area contributed by atoms with Gasteiger partial charge in [0, 0.05) is 32.8 Å². The van der Waals surface area contributed by atoms with Gasteiger partial charge in [0.2, 0.25) is 0 Å². The Bertz CT molecular complexity index is 1190. The quantitative estimate of drug-likeness (QED) is 0.409. The van der Waals surface area contributed by atoms with E-state index >= 15 is 0 Å². The zero-order valence-electron chi connectivity index (χ0n) is 17.4. The molecular weight excluding hydrogens is 402 g/mol. The molecule has 30 heavy (non-hydrogen) atoms. The lowest BCUT2D eigenvalue weighted by molar-refractivity contribution is 0.0531. The van der Waals surface area contributed by atoms with Crippen LogP contribution < -0.4 is 11.2 Å². The number of hydrogen-bond acceptors (Lipinski definition) is 6. The number of carbonyl (C=O) groups is 1. The predicted molar refractivity (Wildman–Crippen MR) is 120 cm³/mol. The smallest absolute Gasteiger partial charge is 0.348 e. The summed E-state index contributed by atoms with van der Waals surface area (Å²) in [7, 11) is 1.65. The molecule has 0 N–H and O–H groups in total. The molecule has 0 aliphatic heterocycles. The molecule has 0 saturated heterocycles. The molecular formula is C22H25N3O4S. The van der Waals surface area contributed by atoms with Gasteiger partial charge >= 0.3 is 11.7 Å². The Kier molecular flexibility index (Phi) is 6.99. The first-order valence-corrected chi connectivity index (χ1v) is 10.7. The van der Waals surface area contributed by atoms with Crippen LogP contribution in [0.5, 0.6) is 0 Å². The van der Waals surface area contributed by atoms with Gasteiger partial charge in [0.05, 0.1) is 12.0 Å². The fourth-order valence-corrected chi connectivity index (χ4v) is 4.59. The van der Waals surface area contributed by atoms with E-state index in [4.69, 9.17) is 4.74 Å². The molecule has 0 radical (unpaired) electrons. The SMILES string of the molecule is CCOC(=O)c1sc2c(c1C)c(=O)n(CC/C=N/C)c(=O)n2CCc1ccccc1. The van der Waals surface area contributed by atoms with E-state index in [0.29, 0.717) is 40.0 Å². The van der Waals surface area contributed by atoms with Gasteiger partial charge in [-0.2, -0.15) is 0 Å². The zero-order chi connectivity index (χ0) is 21.7. The first-order chi connectivity index (χ1) is 14.5. The maximum Gasteiger partial charge on any atom is 0.348 e. The molecule has 3 rings (SSSR count). The average Bonchev–Trinajstić information content (AvgIpc) is 3.08. The second-order valence-corrected chi connectivity index (χ2v) is 7.81. The summed E-state index contributed by atoms with van der Waals surface area (Å²) in [6.07, 6.45) is 2.79. The van der Waals surface area contributed by atoms with Crippen LogP contribution in [0.1, 0.15) is 34.1 Å². The van der Waals surface area contributed by atoms with Gasteiger partial charge in [-0.05, 0) is 31.4 Å². The van der Waals surface area contributed by atoms with Crippen LogP contribution in [-0.2, 0) is 24.2 Å². The summed E-state index contributed by atoms with van der Waals surface area (Å²) in [4.78, 5) is 43.6. The number of hydrogen-bond donors (Lipinski definition) is 0. The van der Waals surface area contributed by atoms with Crippen molar-refractivity contribution in [3.63, 3.8) is 0 Å². The van der Waals surface area contributed by atoms with Gasteiger partial charge in [-0.15, -0.1) is 11.3 Å². The van der Waals surface area contributed by atoms with E-state index in [2.05, 4.69) is 4.99 Å². The van der Waals surface area contributed by atoms with Gasteiger partial charge in [0.1, 0.15) is 9.71 Å². The van der Waals surface area contributed by atoms with Gasteiger partial charge in [0.15, 0.2) is 0 Å². The number of rotatable bonds is 8. The number of esters is 1. The van der Waals surface area contributed by atoms with Crippen molar-refractivity contribution in [3.05, 3.63) is 67.2 Å². The van der Waals surface area contributed by atoms with Crippen molar-refractivity contribution in [3.8, 4) is 0 Å². The topological polar surface area (TPSA) is 82.7 Å². The van der Waals surface area contributed by atoms with Crippen molar-refractivity contribution in [2.24, 2.45) is 4.99 Å². The highest BCUT2D eigenvalue weighted by atomic mass is 32.1. The second kappa shape index (κ2) is 9.67. The molecule has 2 aromatic heterocycles. The Labute approximate surface area is 178 Å². The number of thiophene rings is 1. The summed E-state index contributed by atoms with van der Waals surface area (Å²) in [6.45, 7) is 4.35. The first-order valence-electron chi connectivity index (χ1n) is 9.88. The van der Waals surface area contributed by atoms with E-state index in [1.807, 2.05) is 30.3 Å². The van der Waals surface area contributed by atoms with Crippen molar-refractivity contribution >= 4 is 33.7 Å². The molecule has 2 heterocycles. The van der Waals surface area contributed by atoms with Gasteiger partial charge in [-0.1, -0.05) is 30.3 Å². The summed E-state index contributed by atoms with van der Waals surface area (Å²) in [5.74, 6) is -0.470. The molecule has 0 aliphatic rings. The van der Waals surface area contributed by atoms with Crippen LogP contribution >= 0.6 is 11.3 Å². The Hall–Kier alpha value is -3.00. The third-order valence-corrected chi connectivity index (χ3v) is 6.18. The number of aliphatic imine (C=N–C) groups is 1. The molecule has 158 valence electrons. The van der Waals surface area contributed by atoms with E-state index in [-0.39, 0.29) is 24.4 Å². The number of fused-ring (bicyclic) bond motifs is 1. The number of aryl methyl sites for hydroxylation is 3. The second-order valence-electron chi connectivity index (χ2n) is 6.81. The third kappa shape index (κ3) is 4.28. The monoisotopic (exact) mass is 427 g/mol. The molecule has 1 aromatic carbocycles. The lowest BCUT2D eigenvalue weighted by Crippen LogP contribution is -2.40. The van der Waals surface area contributed by atoms with Crippen molar-refractivity contribution in [1.82, 2.24) is 9.13 Å². The predicted octanol–water partition coefficient (Wildman–Crippen LogP) is 3.04. The van der Waals surface area contributed by atoms with Gasteiger partial charge in [0.25, 0.3) is 5.56 Å². The third-order valence-electron chi connectivity index (χ3n) is 4.89. The van der Waals surface area contributed by atoms with Crippen LogP contribution in [-0.4, -0.2) is 35.0 Å². The van der Waals surface area contributed by atoms with Crippen molar-refractivity contribution in [2.75, 3.05) is 13.7 Å². The van der Waals surface area contributed by atoms with Gasteiger partial charge in [-0.3, -0.25) is 13.9 Å². The van der Waals surface area contributed by atoms with Crippen molar-refractivity contribution < 1.29 is 9.53 Å². The summed E-state index contributed by atoms with van der Waals surface area (Å²) in [5.41, 5.74) is 0.904. The van der Waals surface area contributed by atoms with E-state index in [0.717, 1.165) is 16.9 Å². The number of carbonyl (C=O) groups excluding carboxylic acids is 1. The molecule has 3 aromatic rings. The van der Waals surface area contributed by atoms with Gasteiger partial charge < -0.3 is 9.73 Å². The van der Waals surface area contributed by atoms with Crippen molar-refractivity contribution in [1.29, 1.82) is 0 Å². The Morgan fingerprint density at radius 3 is 2.57 bits per heavy atom. The maximum absolute atomic E-state index is 13.2. The standard InChI is InChI=1S/C22H25N3O4S/c1-4-29-21(27)18-15(2)17-19(26)24(13-8-12-23-3)22(28)25(20(17)30-18)14-11-16-9-6-5-7-10-16/h5-7,9-10,12H,4,8,11,13-14H2,1-3H3/b23-12+. The van der Waals surface area contributed by atoms with E-state index in [1.165, 1.54) is 4.57 Å². The molecule has 0 unspecified atom stereocenters. The maximum atomic E-state index is 13.2. The van der Waals surface area contributed by atoms with Crippen LogP contribution in [0.4, 0.5) is 0 Å². The van der Waals surface area contributed by atoms with Crippen LogP contribution in [0.2, 0.25) is 0 Å². The lowest BCUT2D eigenvalue weighted by atomic mass is 10.1. The molecule has 8 heteroatoms. The van der Waals surface area contributed by atoms with E-state index in [9.17, 15) is 14.4 Å². The molecule has 0 saturated carbocycles. The number of benzene rings is 1. The minimum Gasteiger partial charge on any atom is -0.462 e. The zero-order valence-corrected chi connectivity index (χ0v) is 18.2. The minimum atomic E-state index is -0.470. The number of aromatic nitrogens is 2. The fraction of sp³-hybridized carbons (Fsp3) is 0.364. The summed E-state index contributed by atoms with van der Waals surface area (Å²) in [5, 5.41) is 0.407. The number of nitrogens with zero attached hydrogens (tertiary/aromatic N) is 3. The molecule has 0 bridgehead atoms. The van der Waals surface area contributed by atoms with Crippen LogP contribution in [0, 0.1) is 6.92 Å². The van der Waals surface area contributed by atoms with Crippen LogP contribution in [0.15, 0.2) is 44.9 Å². The normalized spacial score (nSPS) is 11.4.